The number of ether oxygens (including phenoxy) is 1. The van der Waals surface area contributed by atoms with Crippen LogP contribution >= 0.6 is 11.8 Å². The second-order valence-electron chi connectivity index (χ2n) is 6.76. The first-order valence-electron chi connectivity index (χ1n) is 9.30. The van der Waals surface area contributed by atoms with Crippen molar-refractivity contribution in [3.05, 3.63) is 18.4 Å². The van der Waals surface area contributed by atoms with Crippen LogP contribution in [-0.4, -0.2) is 57.1 Å². The molecule has 1 atom stereocenters. The fourth-order valence-electron chi connectivity index (χ4n) is 3.50. The Hall–Kier alpha value is -1.80. The molecule has 1 amide bonds. The molecule has 0 saturated carbocycles. The van der Waals surface area contributed by atoms with E-state index in [0.29, 0.717) is 23.9 Å². The molecule has 2 aliphatic rings. The normalized spacial score (nSPS) is 20.6. The number of likely N-dealkylation sites (tertiary alicyclic amines) is 1. The molecule has 2 aromatic rings. The smallest absolute Gasteiger partial charge is 0.233 e. The van der Waals surface area contributed by atoms with Gasteiger partial charge in [0.2, 0.25) is 11.7 Å². The lowest BCUT2D eigenvalue weighted by molar-refractivity contribution is -0.129. The number of amides is 1. The molecule has 8 heteroatoms. The number of hydrogen-bond donors (Lipinski definition) is 0. The maximum Gasteiger partial charge on any atom is 0.233 e. The Labute approximate surface area is 157 Å². The zero-order chi connectivity index (χ0) is 17.8. The van der Waals surface area contributed by atoms with Crippen molar-refractivity contribution in [2.75, 3.05) is 25.4 Å². The van der Waals surface area contributed by atoms with Crippen LogP contribution < -0.4 is 0 Å². The van der Waals surface area contributed by atoms with Gasteiger partial charge in [-0.3, -0.25) is 9.36 Å². The van der Waals surface area contributed by atoms with Crippen LogP contribution in [0, 0.1) is 0 Å². The Kier molecular flexibility index (Phi) is 5.59. The largest absolute Gasteiger partial charge is 0.461 e. The van der Waals surface area contributed by atoms with Crippen molar-refractivity contribution in [1.82, 2.24) is 19.7 Å². The number of thioether (sulfide) groups is 1. The molecule has 0 N–H and O–H groups in total. The van der Waals surface area contributed by atoms with Crippen molar-refractivity contribution in [2.24, 2.45) is 0 Å². The van der Waals surface area contributed by atoms with Gasteiger partial charge < -0.3 is 14.1 Å². The maximum absolute atomic E-state index is 12.5. The predicted molar refractivity (Wildman–Crippen MR) is 97.9 cm³/mol. The Balaban J connectivity index is 1.48. The molecule has 4 rings (SSSR count). The highest BCUT2D eigenvalue weighted by Crippen LogP contribution is 2.27. The third-order valence-electron chi connectivity index (χ3n) is 4.90. The van der Waals surface area contributed by atoms with E-state index >= 15 is 0 Å². The zero-order valence-electron chi connectivity index (χ0n) is 14.8. The van der Waals surface area contributed by atoms with Crippen LogP contribution in [0.1, 0.15) is 32.1 Å². The first-order chi connectivity index (χ1) is 12.8. The Bertz CT molecular complexity index is 719. The van der Waals surface area contributed by atoms with Gasteiger partial charge in [0.1, 0.15) is 0 Å². The van der Waals surface area contributed by atoms with Crippen molar-refractivity contribution in [2.45, 2.75) is 49.9 Å². The average Bonchev–Trinajstić information content (AvgIpc) is 3.43. The molecular weight excluding hydrogens is 352 g/mol. The lowest BCUT2D eigenvalue weighted by atomic mass is 10.1. The zero-order valence-corrected chi connectivity index (χ0v) is 15.6. The molecule has 0 aliphatic carbocycles. The van der Waals surface area contributed by atoms with Crippen LogP contribution in [0.2, 0.25) is 0 Å². The lowest BCUT2D eigenvalue weighted by Crippen LogP contribution is -2.36. The van der Waals surface area contributed by atoms with Gasteiger partial charge in [-0.1, -0.05) is 11.8 Å². The molecule has 2 saturated heterocycles. The van der Waals surface area contributed by atoms with Crippen molar-refractivity contribution < 1.29 is 13.9 Å². The van der Waals surface area contributed by atoms with Gasteiger partial charge in [0.05, 0.1) is 24.7 Å². The van der Waals surface area contributed by atoms with Gasteiger partial charge in [0, 0.05) is 19.7 Å². The fraction of sp³-hybridized carbons (Fsp3) is 0.611. The second-order valence-corrected chi connectivity index (χ2v) is 7.70. The van der Waals surface area contributed by atoms with E-state index in [9.17, 15) is 4.79 Å². The van der Waals surface area contributed by atoms with E-state index in [0.717, 1.165) is 50.5 Å². The minimum Gasteiger partial charge on any atom is -0.461 e. The van der Waals surface area contributed by atoms with Gasteiger partial charge in [0.15, 0.2) is 10.9 Å². The number of piperidine rings is 1. The van der Waals surface area contributed by atoms with E-state index < -0.39 is 0 Å². The minimum atomic E-state index is 0.164. The lowest BCUT2D eigenvalue weighted by Gasteiger charge is -2.26. The Morgan fingerprint density at radius 2 is 2.12 bits per heavy atom. The van der Waals surface area contributed by atoms with Crippen LogP contribution in [-0.2, 0) is 16.1 Å². The molecule has 0 bridgehead atoms. The highest BCUT2D eigenvalue weighted by Gasteiger charge is 2.24. The maximum atomic E-state index is 12.5. The van der Waals surface area contributed by atoms with E-state index in [4.69, 9.17) is 9.15 Å². The van der Waals surface area contributed by atoms with Gasteiger partial charge >= 0.3 is 0 Å². The average molecular weight is 376 g/mol. The van der Waals surface area contributed by atoms with Crippen LogP contribution in [0.3, 0.4) is 0 Å². The first kappa shape index (κ1) is 17.6. The van der Waals surface area contributed by atoms with Crippen molar-refractivity contribution >= 4 is 17.7 Å². The number of furan rings is 1. The summed E-state index contributed by atoms with van der Waals surface area (Å²) in [6, 6.07) is 3.72. The highest BCUT2D eigenvalue weighted by atomic mass is 32.2. The Morgan fingerprint density at radius 3 is 2.85 bits per heavy atom. The molecule has 2 fully saturated rings. The fourth-order valence-corrected chi connectivity index (χ4v) is 4.35. The topological polar surface area (TPSA) is 73.4 Å². The molecule has 26 heavy (non-hydrogen) atoms. The molecule has 4 heterocycles. The standard InChI is InChI=1S/C18H24N4O3S/c23-16(21-8-2-1-3-9-21)13-26-18-20-19-17(15-7-5-11-25-15)22(18)12-14-6-4-10-24-14/h5,7,11,14H,1-4,6,8-10,12-13H2/t14-/m0/s1. The minimum absolute atomic E-state index is 0.164. The van der Waals surface area contributed by atoms with E-state index in [2.05, 4.69) is 10.2 Å². The first-order valence-corrected chi connectivity index (χ1v) is 10.3. The molecule has 0 radical (unpaired) electrons. The monoisotopic (exact) mass is 376 g/mol. The summed E-state index contributed by atoms with van der Waals surface area (Å²) < 4.78 is 13.3. The van der Waals surface area contributed by atoms with Crippen molar-refractivity contribution in [1.29, 1.82) is 0 Å². The molecular formula is C18H24N4O3S. The number of aromatic nitrogens is 3. The molecule has 7 nitrogen and oxygen atoms in total. The third-order valence-corrected chi connectivity index (χ3v) is 5.85. The van der Waals surface area contributed by atoms with E-state index in [-0.39, 0.29) is 12.0 Å². The van der Waals surface area contributed by atoms with Gasteiger partial charge in [-0.15, -0.1) is 10.2 Å². The molecule has 0 spiro atoms. The quantitative estimate of drug-likeness (QED) is 0.722. The SMILES string of the molecule is O=C(CSc1nnc(-c2ccco2)n1C[C@@H]1CCCO1)N1CCCCC1. The number of rotatable bonds is 6. The number of carbonyl (C=O) groups excluding carboxylic acids is 1. The van der Waals surface area contributed by atoms with Crippen molar-refractivity contribution in [3.63, 3.8) is 0 Å². The van der Waals surface area contributed by atoms with E-state index in [1.165, 1.54) is 18.2 Å². The molecule has 0 aromatic carbocycles. The summed E-state index contributed by atoms with van der Waals surface area (Å²) in [5, 5.41) is 9.38. The van der Waals surface area contributed by atoms with Gasteiger partial charge in [-0.05, 0) is 44.2 Å². The van der Waals surface area contributed by atoms with Crippen LogP contribution in [0.5, 0.6) is 0 Å². The van der Waals surface area contributed by atoms with Crippen LogP contribution in [0.25, 0.3) is 11.6 Å². The molecule has 0 unspecified atom stereocenters. The summed E-state index contributed by atoms with van der Waals surface area (Å²) in [5.41, 5.74) is 0. The van der Waals surface area contributed by atoms with Crippen molar-refractivity contribution in [3.8, 4) is 11.6 Å². The van der Waals surface area contributed by atoms with Gasteiger partial charge in [0.25, 0.3) is 0 Å². The van der Waals surface area contributed by atoms with Gasteiger partial charge in [-0.25, -0.2) is 0 Å². The number of nitrogens with zero attached hydrogens (tertiary/aromatic N) is 4. The molecule has 2 aromatic heterocycles. The summed E-state index contributed by atoms with van der Waals surface area (Å²) in [4.78, 5) is 14.4. The summed E-state index contributed by atoms with van der Waals surface area (Å²) in [7, 11) is 0. The number of hydrogen-bond acceptors (Lipinski definition) is 6. The summed E-state index contributed by atoms with van der Waals surface area (Å²) in [6.07, 6.45) is 7.34. The van der Waals surface area contributed by atoms with E-state index in [1.807, 2.05) is 21.6 Å². The van der Waals surface area contributed by atoms with Crippen LogP contribution in [0.4, 0.5) is 0 Å². The summed E-state index contributed by atoms with van der Waals surface area (Å²) in [6.45, 7) is 3.24. The molecule has 140 valence electrons. The van der Waals surface area contributed by atoms with E-state index in [1.54, 1.807) is 6.26 Å². The highest BCUT2D eigenvalue weighted by molar-refractivity contribution is 7.99. The van der Waals surface area contributed by atoms with Crippen LogP contribution in [0.15, 0.2) is 28.0 Å². The predicted octanol–water partition coefficient (Wildman–Crippen LogP) is 2.82. The van der Waals surface area contributed by atoms with Gasteiger partial charge in [-0.2, -0.15) is 0 Å². The Morgan fingerprint density at radius 1 is 1.23 bits per heavy atom. The second kappa shape index (κ2) is 8.26. The number of carbonyl (C=O) groups is 1. The summed E-state index contributed by atoms with van der Waals surface area (Å²) >= 11 is 1.45. The molecule has 2 aliphatic heterocycles. The summed E-state index contributed by atoms with van der Waals surface area (Å²) in [5.74, 6) is 1.95. The third kappa shape index (κ3) is 3.96.